The fourth-order valence-corrected chi connectivity index (χ4v) is 2.87. The zero-order chi connectivity index (χ0) is 14.7. The van der Waals surface area contributed by atoms with Crippen LogP contribution in [0.25, 0.3) is 0 Å². The number of likely N-dealkylation sites (N-methyl/N-ethyl adjacent to an activating group) is 1. The molecule has 0 aromatic rings. The number of likely N-dealkylation sites (tertiary alicyclic amines) is 2. The highest BCUT2D eigenvalue weighted by Crippen LogP contribution is 2.19. The summed E-state index contributed by atoms with van der Waals surface area (Å²) in [5.41, 5.74) is 0. The van der Waals surface area contributed by atoms with E-state index in [4.69, 9.17) is 5.11 Å². The summed E-state index contributed by atoms with van der Waals surface area (Å²) in [4.78, 5) is 28.5. The molecular formula is C13H23N3O4. The molecule has 0 radical (unpaired) electrons. The molecule has 2 aliphatic rings. The number of hydrogen-bond acceptors (Lipinski definition) is 4. The van der Waals surface area contributed by atoms with Gasteiger partial charge in [-0.1, -0.05) is 0 Å². The first-order valence-corrected chi connectivity index (χ1v) is 7.14. The number of aliphatic hydroxyl groups excluding tert-OH is 1. The first-order valence-electron chi connectivity index (χ1n) is 7.14. The van der Waals surface area contributed by atoms with Gasteiger partial charge < -0.3 is 24.9 Å². The Morgan fingerprint density at radius 2 is 1.95 bits per heavy atom. The van der Waals surface area contributed by atoms with Gasteiger partial charge in [0.25, 0.3) is 0 Å². The lowest BCUT2D eigenvalue weighted by molar-refractivity contribution is -0.141. The Hall–Kier alpha value is -1.34. The van der Waals surface area contributed by atoms with Crippen molar-refractivity contribution in [2.45, 2.75) is 31.4 Å². The lowest BCUT2D eigenvalue weighted by Crippen LogP contribution is -2.48. The summed E-state index contributed by atoms with van der Waals surface area (Å²) in [5.74, 6) is -1.05. The molecule has 2 atom stereocenters. The van der Waals surface area contributed by atoms with Crippen molar-refractivity contribution >= 4 is 12.0 Å². The van der Waals surface area contributed by atoms with Crippen molar-refractivity contribution in [1.82, 2.24) is 14.7 Å². The number of urea groups is 1. The summed E-state index contributed by atoms with van der Waals surface area (Å²) >= 11 is 0. The fraction of sp³-hybridized carbons (Fsp3) is 0.846. The standard InChI is InChI=1S/C13H23N3O4/c1-14(6-7-15-4-2-3-5-15)13(20)16-9-10(17)8-11(16)12(18)19/h10-11,17H,2-9H2,1H3,(H,18,19)/t10?,11-/m0/s1. The van der Waals surface area contributed by atoms with Crippen LogP contribution in [0.2, 0.25) is 0 Å². The predicted octanol–water partition coefficient (Wildman–Crippen LogP) is -0.346. The maximum Gasteiger partial charge on any atom is 0.326 e. The van der Waals surface area contributed by atoms with Gasteiger partial charge in [-0.15, -0.1) is 0 Å². The molecule has 114 valence electrons. The lowest BCUT2D eigenvalue weighted by atomic mass is 10.2. The van der Waals surface area contributed by atoms with Crippen LogP contribution in [0.5, 0.6) is 0 Å². The summed E-state index contributed by atoms with van der Waals surface area (Å²) in [5, 5.41) is 18.7. The fourth-order valence-electron chi connectivity index (χ4n) is 2.87. The van der Waals surface area contributed by atoms with E-state index in [1.807, 2.05) is 0 Å². The number of carbonyl (C=O) groups is 2. The van der Waals surface area contributed by atoms with E-state index in [1.165, 1.54) is 17.7 Å². The molecule has 0 bridgehead atoms. The zero-order valence-corrected chi connectivity index (χ0v) is 11.9. The van der Waals surface area contributed by atoms with E-state index in [0.717, 1.165) is 19.6 Å². The van der Waals surface area contributed by atoms with Crippen molar-refractivity contribution in [3.05, 3.63) is 0 Å². The van der Waals surface area contributed by atoms with E-state index in [2.05, 4.69) is 4.90 Å². The van der Waals surface area contributed by atoms with Crippen LogP contribution >= 0.6 is 0 Å². The van der Waals surface area contributed by atoms with Crippen LogP contribution in [-0.4, -0.2) is 88.8 Å². The smallest absolute Gasteiger partial charge is 0.326 e. The molecule has 0 saturated carbocycles. The molecule has 7 nitrogen and oxygen atoms in total. The number of carboxylic acid groups (broad SMARTS) is 1. The van der Waals surface area contributed by atoms with Crippen LogP contribution in [0.3, 0.4) is 0 Å². The maximum atomic E-state index is 12.3. The first kappa shape index (κ1) is 15.1. The number of nitrogens with zero attached hydrogens (tertiary/aromatic N) is 3. The van der Waals surface area contributed by atoms with Gasteiger partial charge in [0.05, 0.1) is 6.10 Å². The predicted molar refractivity (Wildman–Crippen MR) is 72.5 cm³/mol. The highest BCUT2D eigenvalue weighted by molar-refractivity contribution is 5.83. The van der Waals surface area contributed by atoms with Crippen LogP contribution < -0.4 is 0 Å². The Morgan fingerprint density at radius 3 is 2.55 bits per heavy atom. The van der Waals surface area contributed by atoms with Crippen molar-refractivity contribution in [2.24, 2.45) is 0 Å². The minimum Gasteiger partial charge on any atom is -0.480 e. The number of aliphatic carboxylic acids is 1. The number of rotatable bonds is 4. The molecule has 2 aliphatic heterocycles. The van der Waals surface area contributed by atoms with Crippen molar-refractivity contribution < 1.29 is 19.8 Å². The summed E-state index contributed by atoms with van der Waals surface area (Å²) in [6, 6.07) is -1.22. The molecule has 0 aromatic heterocycles. The van der Waals surface area contributed by atoms with Crippen molar-refractivity contribution in [3.8, 4) is 0 Å². The van der Waals surface area contributed by atoms with Gasteiger partial charge in [0.15, 0.2) is 0 Å². The van der Waals surface area contributed by atoms with Crippen LogP contribution in [0, 0.1) is 0 Å². The minimum absolute atomic E-state index is 0.101. The Balaban J connectivity index is 1.86. The summed E-state index contributed by atoms with van der Waals surface area (Å²) in [7, 11) is 1.68. The van der Waals surface area contributed by atoms with E-state index in [1.54, 1.807) is 11.9 Å². The summed E-state index contributed by atoms with van der Waals surface area (Å²) < 4.78 is 0. The number of hydrogen-bond donors (Lipinski definition) is 2. The number of β-amino-alcohol motifs (C(OH)–C–C–N with tert-alkyl or cyclic N) is 1. The Bertz CT molecular complexity index is 371. The van der Waals surface area contributed by atoms with Gasteiger partial charge in [-0.3, -0.25) is 0 Å². The Kier molecular flexibility index (Phi) is 4.82. The molecule has 2 rings (SSSR count). The lowest BCUT2D eigenvalue weighted by Gasteiger charge is -2.28. The molecule has 2 fully saturated rings. The molecule has 2 N–H and O–H groups in total. The van der Waals surface area contributed by atoms with Gasteiger partial charge >= 0.3 is 12.0 Å². The molecular weight excluding hydrogens is 262 g/mol. The third-order valence-corrected chi connectivity index (χ3v) is 4.09. The van der Waals surface area contributed by atoms with E-state index < -0.39 is 18.1 Å². The molecule has 20 heavy (non-hydrogen) atoms. The third kappa shape index (κ3) is 3.40. The van der Waals surface area contributed by atoms with Gasteiger partial charge in [-0.2, -0.15) is 0 Å². The second kappa shape index (κ2) is 6.41. The number of amides is 2. The molecule has 7 heteroatoms. The average molecular weight is 285 g/mol. The van der Waals surface area contributed by atoms with Crippen molar-refractivity contribution in [3.63, 3.8) is 0 Å². The molecule has 0 aliphatic carbocycles. The highest BCUT2D eigenvalue weighted by atomic mass is 16.4. The average Bonchev–Trinajstić information content (AvgIpc) is 3.03. The van der Waals surface area contributed by atoms with E-state index in [-0.39, 0.29) is 19.0 Å². The number of carboxylic acids is 1. The third-order valence-electron chi connectivity index (χ3n) is 4.09. The quantitative estimate of drug-likeness (QED) is 0.738. The minimum atomic E-state index is -1.05. The monoisotopic (exact) mass is 285 g/mol. The molecule has 2 saturated heterocycles. The van der Waals surface area contributed by atoms with E-state index in [0.29, 0.717) is 6.54 Å². The molecule has 2 amide bonds. The molecule has 1 unspecified atom stereocenters. The highest BCUT2D eigenvalue weighted by Gasteiger charge is 2.40. The van der Waals surface area contributed by atoms with E-state index in [9.17, 15) is 14.7 Å². The van der Waals surface area contributed by atoms with Crippen LogP contribution in [-0.2, 0) is 4.79 Å². The van der Waals surface area contributed by atoms with Crippen molar-refractivity contribution in [1.29, 1.82) is 0 Å². The second-order valence-electron chi connectivity index (χ2n) is 5.65. The van der Waals surface area contributed by atoms with Gasteiger partial charge in [-0.05, 0) is 25.9 Å². The largest absolute Gasteiger partial charge is 0.480 e. The van der Waals surface area contributed by atoms with Crippen LogP contribution in [0.1, 0.15) is 19.3 Å². The van der Waals surface area contributed by atoms with Gasteiger partial charge in [-0.25, -0.2) is 9.59 Å². The van der Waals surface area contributed by atoms with Gasteiger partial charge in [0, 0.05) is 33.1 Å². The van der Waals surface area contributed by atoms with Gasteiger partial charge in [0.2, 0.25) is 0 Å². The van der Waals surface area contributed by atoms with Crippen LogP contribution in [0.4, 0.5) is 4.79 Å². The van der Waals surface area contributed by atoms with Gasteiger partial charge in [0.1, 0.15) is 6.04 Å². The number of aliphatic hydroxyl groups is 1. The normalized spacial score (nSPS) is 27.0. The topological polar surface area (TPSA) is 84.3 Å². The summed E-state index contributed by atoms with van der Waals surface area (Å²) in [6.07, 6.45) is 1.78. The Morgan fingerprint density at radius 1 is 1.30 bits per heavy atom. The Labute approximate surface area is 118 Å². The zero-order valence-electron chi connectivity index (χ0n) is 11.9. The maximum absolute atomic E-state index is 12.3. The van der Waals surface area contributed by atoms with Crippen LogP contribution in [0.15, 0.2) is 0 Å². The molecule has 0 spiro atoms. The summed E-state index contributed by atoms with van der Waals surface area (Å²) in [6.45, 7) is 3.64. The second-order valence-corrected chi connectivity index (χ2v) is 5.65. The van der Waals surface area contributed by atoms with E-state index >= 15 is 0 Å². The number of carbonyl (C=O) groups excluding carboxylic acids is 1. The molecule has 0 aromatic carbocycles. The first-order chi connectivity index (χ1) is 9.49. The van der Waals surface area contributed by atoms with Crippen molar-refractivity contribution in [2.75, 3.05) is 39.8 Å². The molecule has 2 heterocycles. The SMILES string of the molecule is CN(CCN1CCCC1)C(=O)N1CC(O)C[C@H]1C(=O)O.